The molecule has 1 saturated heterocycles. The fourth-order valence-electron chi connectivity index (χ4n) is 4.09. The molecule has 5 atom stereocenters. The second-order valence-corrected chi connectivity index (χ2v) is 8.24. The molecule has 3 aromatic rings. The fourth-order valence-corrected chi connectivity index (χ4v) is 4.26. The standard InChI is InChI=1S/C23H25ClFNO6/c1-2-31-15-5-3-12(17(25)9-15)7-13-10-26(18-8-14(24)4-6-16(13)18)23-22(30)21(29)20(28)19(11-27)32-23/h3-6,8-10,19-23,27-30H,2,7,11H2,1H3/t19-,20-,21+,22-,23-/m1/s1. The van der Waals surface area contributed by atoms with Crippen LogP contribution in [-0.2, 0) is 11.2 Å². The minimum Gasteiger partial charge on any atom is -0.494 e. The van der Waals surface area contributed by atoms with Crippen molar-refractivity contribution in [1.29, 1.82) is 0 Å². The molecule has 1 fully saturated rings. The van der Waals surface area contributed by atoms with Crippen LogP contribution in [0.4, 0.5) is 4.39 Å². The second-order valence-electron chi connectivity index (χ2n) is 7.81. The van der Waals surface area contributed by atoms with Gasteiger partial charge < -0.3 is 34.5 Å². The van der Waals surface area contributed by atoms with Crippen LogP contribution in [0.5, 0.6) is 5.75 Å². The van der Waals surface area contributed by atoms with Crippen molar-refractivity contribution in [2.24, 2.45) is 0 Å². The summed E-state index contributed by atoms with van der Waals surface area (Å²) in [4.78, 5) is 0. The summed E-state index contributed by atoms with van der Waals surface area (Å²) in [5, 5.41) is 41.6. The van der Waals surface area contributed by atoms with Gasteiger partial charge in [-0.1, -0.05) is 23.7 Å². The molecule has 0 saturated carbocycles. The number of aliphatic hydroxyl groups is 4. The number of hydrogen-bond acceptors (Lipinski definition) is 6. The molecule has 4 rings (SSSR count). The Labute approximate surface area is 189 Å². The first-order chi connectivity index (χ1) is 15.3. The Morgan fingerprint density at radius 3 is 2.53 bits per heavy atom. The highest BCUT2D eigenvalue weighted by molar-refractivity contribution is 6.31. The molecule has 0 unspecified atom stereocenters. The molecular weight excluding hydrogens is 441 g/mol. The lowest BCUT2D eigenvalue weighted by atomic mass is 9.98. The van der Waals surface area contributed by atoms with Crippen LogP contribution in [-0.4, -0.2) is 62.6 Å². The van der Waals surface area contributed by atoms with Gasteiger partial charge in [0.1, 0.15) is 36.0 Å². The summed E-state index contributed by atoms with van der Waals surface area (Å²) in [6, 6.07) is 9.88. The molecule has 1 aliphatic heterocycles. The Morgan fingerprint density at radius 1 is 1.06 bits per heavy atom. The average molecular weight is 466 g/mol. The highest BCUT2D eigenvalue weighted by atomic mass is 35.5. The largest absolute Gasteiger partial charge is 0.494 e. The highest BCUT2D eigenvalue weighted by Crippen LogP contribution is 2.35. The van der Waals surface area contributed by atoms with Gasteiger partial charge in [-0.2, -0.15) is 0 Å². The zero-order chi connectivity index (χ0) is 23.0. The van der Waals surface area contributed by atoms with Gasteiger partial charge in [0, 0.05) is 29.1 Å². The van der Waals surface area contributed by atoms with Crippen molar-refractivity contribution in [2.75, 3.05) is 13.2 Å². The summed E-state index contributed by atoms with van der Waals surface area (Å²) in [5.74, 6) is 0.0444. The lowest BCUT2D eigenvalue weighted by molar-refractivity contribution is -0.250. The van der Waals surface area contributed by atoms with E-state index in [0.29, 0.717) is 28.5 Å². The van der Waals surface area contributed by atoms with Crippen LogP contribution in [0.3, 0.4) is 0 Å². The number of ether oxygens (including phenoxy) is 2. The monoisotopic (exact) mass is 465 g/mol. The molecule has 1 aliphatic rings. The van der Waals surface area contributed by atoms with Gasteiger partial charge in [-0.3, -0.25) is 0 Å². The Hall–Kier alpha value is -2.20. The molecule has 0 radical (unpaired) electrons. The van der Waals surface area contributed by atoms with Gasteiger partial charge in [0.25, 0.3) is 0 Å². The highest BCUT2D eigenvalue weighted by Gasteiger charge is 2.44. The predicted octanol–water partition coefficient (Wildman–Crippen LogP) is 2.40. The van der Waals surface area contributed by atoms with Crippen LogP contribution in [0, 0.1) is 5.82 Å². The van der Waals surface area contributed by atoms with Gasteiger partial charge in [-0.25, -0.2) is 4.39 Å². The maximum Gasteiger partial charge on any atom is 0.163 e. The van der Waals surface area contributed by atoms with E-state index in [1.54, 1.807) is 41.1 Å². The smallest absolute Gasteiger partial charge is 0.163 e. The van der Waals surface area contributed by atoms with Gasteiger partial charge in [0.15, 0.2) is 6.23 Å². The van der Waals surface area contributed by atoms with Gasteiger partial charge in [0.05, 0.1) is 18.7 Å². The molecular formula is C23H25ClFNO6. The SMILES string of the molecule is CCOc1ccc(Cc2cn([C@@H]3O[C@H](CO)[C@@H](O)[C@H](O)[C@H]3O)c3cc(Cl)ccc23)c(F)c1. The number of aromatic nitrogens is 1. The van der Waals surface area contributed by atoms with Crippen LogP contribution in [0.2, 0.25) is 5.02 Å². The third-order valence-corrected chi connectivity index (χ3v) is 5.97. The van der Waals surface area contributed by atoms with E-state index in [2.05, 4.69) is 0 Å². The summed E-state index contributed by atoms with van der Waals surface area (Å²) in [6.07, 6.45) is -4.64. The van der Waals surface area contributed by atoms with Crippen molar-refractivity contribution in [3.63, 3.8) is 0 Å². The van der Waals surface area contributed by atoms with E-state index in [1.807, 2.05) is 6.92 Å². The first-order valence-corrected chi connectivity index (χ1v) is 10.7. The molecule has 1 aromatic heterocycles. The third-order valence-electron chi connectivity index (χ3n) is 5.74. The zero-order valence-electron chi connectivity index (χ0n) is 17.4. The van der Waals surface area contributed by atoms with Crippen LogP contribution in [0.15, 0.2) is 42.6 Å². The molecule has 0 bridgehead atoms. The molecule has 32 heavy (non-hydrogen) atoms. The molecule has 0 amide bonds. The predicted molar refractivity (Wildman–Crippen MR) is 116 cm³/mol. The number of hydrogen-bond donors (Lipinski definition) is 4. The van der Waals surface area contributed by atoms with E-state index in [4.69, 9.17) is 21.1 Å². The second kappa shape index (κ2) is 9.35. The lowest BCUT2D eigenvalue weighted by Crippen LogP contribution is -2.56. The molecule has 2 heterocycles. The number of fused-ring (bicyclic) bond motifs is 1. The molecule has 0 spiro atoms. The lowest BCUT2D eigenvalue weighted by Gasteiger charge is -2.40. The van der Waals surface area contributed by atoms with Crippen molar-refractivity contribution in [2.45, 2.75) is 44.0 Å². The summed E-state index contributed by atoms with van der Waals surface area (Å²) in [5.41, 5.74) is 1.80. The Balaban J connectivity index is 1.75. The maximum absolute atomic E-state index is 14.7. The Bertz CT molecular complexity index is 1100. The van der Waals surface area contributed by atoms with Gasteiger partial charge >= 0.3 is 0 Å². The summed E-state index contributed by atoms with van der Waals surface area (Å²) < 4.78 is 27.3. The minimum atomic E-state index is -1.52. The first-order valence-electron chi connectivity index (χ1n) is 10.3. The van der Waals surface area contributed by atoms with E-state index in [0.717, 1.165) is 10.9 Å². The van der Waals surface area contributed by atoms with Crippen molar-refractivity contribution < 1.29 is 34.3 Å². The fraction of sp³-hybridized carbons (Fsp3) is 0.391. The van der Waals surface area contributed by atoms with Crippen molar-refractivity contribution >= 4 is 22.5 Å². The number of aliphatic hydroxyl groups excluding tert-OH is 4. The van der Waals surface area contributed by atoms with Crippen LogP contribution < -0.4 is 4.74 Å². The topological polar surface area (TPSA) is 104 Å². The van der Waals surface area contributed by atoms with Gasteiger partial charge in [-0.15, -0.1) is 0 Å². The summed E-state index contributed by atoms with van der Waals surface area (Å²) in [7, 11) is 0. The number of benzene rings is 2. The quantitative estimate of drug-likeness (QED) is 0.445. The molecule has 7 nitrogen and oxygen atoms in total. The van der Waals surface area contributed by atoms with E-state index in [-0.39, 0.29) is 6.42 Å². The molecule has 2 aromatic carbocycles. The molecule has 4 N–H and O–H groups in total. The van der Waals surface area contributed by atoms with Crippen molar-refractivity contribution in [1.82, 2.24) is 4.57 Å². The number of rotatable bonds is 6. The molecule has 9 heteroatoms. The maximum atomic E-state index is 14.7. The van der Waals surface area contributed by atoms with E-state index in [9.17, 15) is 24.8 Å². The van der Waals surface area contributed by atoms with Crippen molar-refractivity contribution in [3.05, 3.63) is 64.6 Å². The van der Waals surface area contributed by atoms with Gasteiger partial charge in [-0.05, 0) is 36.2 Å². The summed E-state index contributed by atoms with van der Waals surface area (Å²) >= 11 is 6.20. The Kier molecular flexibility index (Phi) is 6.71. The van der Waals surface area contributed by atoms with E-state index in [1.165, 1.54) is 6.07 Å². The van der Waals surface area contributed by atoms with Crippen molar-refractivity contribution in [3.8, 4) is 5.75 Å². The van der Waals surface area contributed by atoms with Gasteiger partial charge in [0.2, 0.25) is 0 Å². The van der Waals surface area contributed by atoms with E-state index >= 15 is 0 Å². The van der Waals surface area contributed by atoms with Crippen LogP contribution in [0.25, 0.3) is 10.9 Å². The number of nitrogens with zero attached hydrogens (tertiary/aromatic N) is 1. The number of halogens is 2. The zero-order valence-corrected chi connectivity index (χ0v) is 18.1. The van der Waals surface area contributed by atoms with Crippen LogP contribution >= 0.6 is 11.6 Å². The van der Waals surface area contributed by atoms with E-state index < -0.39 is 43.1 Å². The average Bonchev–Trinajstić information content (AvgIpc) is 3.11. The molecule has 0 aliphatic carbocycles. The first kappa shape index (κ1) is 23.0. The Morgan fingerprint density at radius 2 is 1.84 bits per heavy atom. The van der Waals surface area contributed by atoms with Crippen LogP contribution in [0.1, 0.15) is 24.3 Å². The minimum absolute atomic E-state index is 0.251. The third kappa shape index (κ3) is 4.22. The molecule has 172 valence electrons. The normalized spacial score (nSPS) is 25.9. The summed E-state index contributed by atoms with van der Waals surface area (Å²) in [6.45, 7) is 1.72.